The maximum absolute atomic E-state index is 13.3. The molecule has 1 aliphatic rings. The lowest BCUT2D eigenvalue weighted by Crippen LogP contribution is -2.49. The van der Waals surface area contributed by atoms with Crippen LogP contribution in [0.3, 0.4) is 0 Å². The number of aliphatic carboxylic acids is 1. The number of carbonyl (C=O) groups is 9. The fourth-order valence-electron chi connectivity index (χ4n) is 7.52. The van der Waals surface area contributed by atoms with E-state index in [1.807, 2.05) is 0 Å². The Balaban J connectivity index is 1.66. The maximum atomic E-state index is 13.3. The number of methoxy groups -OCH3 is 1. The SMILES string of the molecule is COCCOCCOCCOCCOCCOCCOCCOCCOCC(=O)NCCCC[C@H](NC(=O)CCCN1C(=O)C=CC1=O)C(=O)NCC(=O)NCCCC(=O)Nc1cc(C[C@@H](C[C@H](C)C(=O)O)NC(=O)OC(C)(C)C)ccc1O. The number of phenolic OH excluding ortho intramolecular Hbond substituents is 1. The highest BCUT2D eigenvalue weighted by Crippen LogP contribution is 2.26. The van der Waals surface area contributed by atoms with Crippen LogP contribution in [0.2, 0.25) is 0 Å². The van der Waals surface area contributed by atoms with Gasteiger partial charge in [-0.1, -0.05) is 13.0 Å². The number of rotatable bonds is 50. The van der Waals surface area contributed by atoms with Crippen LogP contribution in [0.4, 0.5) is 10.5 Å². The summed E-state index contributed by atoms with van der Waals surface area (Å²) in [4.78, 5) is 113. The first-order valence-corrected chi connectivity index (χ1v) is 28.4. The molecule has 0 fully saturated rings. The molecule has 1 aromatic rings. The first-order valence-electron chi connectivity index (χ1n) is 28.4. The van der Waals surface area contributed by atoms with E-state index in [2.05, 4.69) is 31.9 Å². The lowest BCUT2D eigenvalue weighted by Gasteiger charge is -2.25. The molecule has 1 aromatic carbocycles. The molecule has 0 aliphatic carbocycles. The van der Waals surface area contributed by atoms with E-state index in [0.29, 0.717) is 111 Å². The van der Waals surface area contributed by atoms with Crippen LogP contribution in [-0.4, -0.2) is 232 Å². The van der Waals surface area contributed by atoms with Crippen molar-refractivity contribution in [3.63, 3.8) is 0 Å². The average molecular weight is 1200 g/mol. The van der Waals surface area contributed by atoms with Gasteiger partial charge in [0, 0.05) is 57.8 Å². The number of carboxylic acids is 1. The number of hydrogen-bond donors (Lipinski definition) is 8. The van der Waals surface area contributed by atoms with Crippen LogP contribution in [0.15, 0.2) is 30.4 Å². The first kappa shape index (κ1) is 73.7. The zero-order valence-corrected chi connectivity index (χ0v) is 49.4. The van der Waals surface area contributed by atoms with Crippen LogP contribution < -0.4 is 31.9 Å². The summed E-state index contributed by atoms with van der Waals surface area (Å²) >= 11 is 0. The van der Waals surface area contributed by atoms with Crippen LogP contribution in [0, 0.1) is 5.92 Å². The maximum Gasteiger partial charge on any atom is 0.407 e. The number of carboxylic acid groups (broad SMARTS) is 1. The van der Waals surface area contributed by atoms with Gasteiger partial charge in [-0.3, -0.25) is 43.3 Å². The number of nitrogens with one attached hydrogen (secondary N) is 6. The quantitative estimate of drug-likeness (QED) is 0.0258. The molecule has 2 rings (SSSR count). The predicted octanol–water partition coefficient (Wildman–Crippen LogP) is 1.15. The molecule has 0 bridgehead atoms. The molecule has 0 unspecified atom stereocenters. The van der Waals surface area contributed by atoms with E-state index >= 15 is 0 Å². The number of aromatic hydroxyl groups is 1. The summed E-state index contributed by atoms with van der Waals surface area (Å²) in [6.07, 6.45) is 2.91. The molecular weight excluding hydrogens is 1110 g/mol. The lowest BCUT2D eigenvalue weighted by atomic mass is 9.96. The fraction of sp³-hybridized carbons (Fsp3) is 0.696. The van der Waals surface area contributed by atoms with Gasteiger partial charge >= 0.3 is 12.1 Å². The summed E-state index contributed by atoms with van der Waals surface area (Å²) in [6, 6.07) is 2.73. The van der Waals surface area contributed by atoms with Crippen molar-refractivity contribution < 1.29 is 101 Å². The van der Waals surface area contributed by atoms with Gasteiger partial charge in [0.1, 0.15) is 24.0 Å². The molecule has 0 spiro atoms. The minimum Gasteiger partial charge on any atom is -0.506 e. The Morgan fingerprint density at radius 3 is 1.65 bits per heavy atom. The van der Waals surface area contributed by atoms with Crippen molar-refractivity contribution in [1.82, 2.24) is 31.5 Å². The van der Waals surface area contributed by atoms with Crippen molar-refractivity contribution in [2.45, 2.75) is 103 Å². The zero-order chi connectivity index (χ0) is 61.8. The second-order valence-corrected chi connectivity index (χ2v) is 20.2. The van der Waals surface area contributed by atoms with Gasteiger partial charge in [-0.15, -0.1) is 0 Å². The summed E-state index contributed by atoms with van der Waals surface area (Å²) < 4.78 is 53.7. The second kappa shape index (κ2) is 45.1. The number of alkyl carbamates (subject to hydrolysis) is 1. The van der Waals surface area contributed by atoms with E-state index in [-0.39, 0.29) is 102 Å². The van der Waals surface area contributed by atoms with E-state index in [0.717, 1.165) is 17.1 Å². The van der Waals surface area contributed by atoms with Gasteiger partial charge in [-0.2, -0.15) is 0 Å². The van der Waals surface area contributed by atoms with Gasteiger partial charge in [0.2, 0.25) is 29.5 Å². The molecule has 28 heteroatoms. The number of carbonyl (C=O) groups excluding carboxylic acids is 8. The molecule has 0 saturated carbocycles. The topological polar surface area (TPSA) is 362 Å². The van der Waals surface area contributed by atoms with Gasteiger partial charge < -0.3 is 89.5 Å². The third kappa shape index (κ3) is 37.8. The van der Waals surface area contributed by atoms with Crippen molar-refractivity contribution >= 4 is 59.1 Å². The Bertz CT molecular complexity index is 2140. The smallest absolute Gasteiger partial charge is 0.407 e. The Morgan fingerprint density at radius 1 is 0.607 bits per heavy atom. The third-order valence-electron chi connectivity index (χ3n) is 11.8. The molecular formula is C56H91N7O21. The molecule has 1 heterocycles. The van der Waals surface area contributed by atoms with E-state index in [4.69, 9.17) is 47.4 Å². The van der Waals surface area contributed by atoms with E-state index in [1.165, 1.54) is 19.1 Å². The molecule has 8 amide bonds. The highest BCUT2D eigenvalue weighted by molar-refractivity contribution is 6.12. The summed E-state index contributed by atoms with van der Waals surface area (Å²) in [6.45, 7) is 13.0. The molecule has 0 saturated heterocycles. The molecule has 84 heavy (non-hydrogen) atoms. The molecule has 3 atom stereocenters. The number of phenols is 1. The Kier molecular flexibility index (Phi) is 39.5. The molecule has 28 nitrogen and oxygen atoms in total. The number of imide groups is 1. The summed E-state index contributed by atoms with van der Waals surface area (Å²) in [5.41, 5.74) is -0.121. The van der Waals surface area contributed by atoms with Crippen LogP contribution in [-0.2, 0) is 92.1 Å². The van der Waals surface area contributed by atoms with Crippen molar-refractivity contribution in [3.8, 4) is 5.75 Å². The number of hydrogen-bond acceptors (Lipinski definition) is 20. The van der Waals surface area contributed by atoms with Crippen molar-refractivity contribution in [1.29, 1.82) is 0 Å². The van der Waals surface area contributed by atoms with Crippen LogP contribution in [0.25, 0.3) is 0 Å². The Hall–Kier alpha value is -6.37. The van der Waals surface area contributed by atoms with Crippen LogP contribution >= 0.6 is 0 Å². The molecule has 1 aliphatic heterocycles. The first-order chi connectivity index (χ1) is 40.3. The summed E-state index contributed by atoms with van der Waals surface area (Å²) in [5, 5.41) is 35.8. The van der Waals surface area contributed by atoms with Gasteiger partial charge in [0.15, 0.2) is 0 Å². The number of nitrogens with zero attached hydrogens (tertiary/aromatic N) is 1. The van der Waals surface area contributed by atoms with Crippen molar-refractivity contribution in [2.24, 2.45) is 5.92 Å². The summed E-state index contributed by atoms with van der Waals surface area (Å²) in [7, 11) is 1.62. The Morgan fingerprint density at radius 2 is 1.12 bits per heavy atom. The van der Waals surface area contributed by atoms with Crippen LogP contribution in [0.5, 0.6) is 5.75 Å². The number of anilines is 1. The van der Waals surface area contributed by atoms with Crippen molar-refractivity contribution in [2.75, 3.05) is 151 Å². The molecule has 476 valence electrons. The minimum absolute atomic E-state index is 0.00531. The fourth-order valence-corrected chi connectivity index (χ4v) is 7.52. The highest BCUT2D eigenvalue weighted by atomic mass is 16.6. The normalized spacial score (nSPS) is 13.3. The third-order valence-corrected chi connectivity index (χ3v) is 11.8. The number of unbranched alkanes of at least 4 members (excludes halogenated alkanes) is 1. The van der Waals surface area contributed by atoms with Gasteiger partial charge in [-0.25, -0.2) is 4.79 Å². The largest absolute Gasteiger partial charge is 0.506 e. The van der Waals surface area contributed by atoms with Gasteiger partial charge in [0.25, 0.3) is 11.8 Å². The summed E-state index contributed by atoms with van der Waals surface area (Å²) in [5.74, 6) is -5.63. The highest BCUT2D eigenvalue weighted by Gasteiger charge is 2.26. The van der Waals surface area contributed by atoms with Gasteiger partial charge in [0.05, 0.1) is 124 Å². The molecule has 0 radical (unpaired) electrons. The molecule has 8 N–H and O–H groups in total. The van der Waals surface area contributed by atoms with E-state index < -0.39 is 77.7 Å². The lowest BCUT2D eigenvalue weighted by molar-refractivity contribution is -0.141. The minimum atomic E-state index is -1.07. The number of ether oxygens (including phenoxy) is 10. The van der Waals surface area contributed by atoms with Gasteiger partial charge in [-0.05, 0) is 83.4 Å². The van der Waals surface area contributed by atoms with E-state index in [9.17, 15) is 53.4 Å². The number of amides is 8. The molecule has 0 aromatic heterocycles. The Labute approximate surface area is 491 Å². The van der Waals surface area contributed by atoms with Crippen LogP contribution in [0.1, 0.15) is 84.6 Å². The zero-order valence-electron chi connectivity index (χ0n) is 49.4. The van der Waals surface area contributed by atoms with E-state index in [1.54, 1.807) is 33.9 Å². The number of benzene rings is 1. The predicted molar refractivity (Wildman–Crippen MR) is 303 cm³/mol. The van der Waals surface area contributed by atoms with Crippen molar-refractivity contribution in [3.05, 3.63) is 35.9 Å². The average Bonchev–Trinajstić information content (AvgIpc) is 3.81. The standard InChI is InChI=1S/C56H91N7O21/c1-41(54(72)73)36-43(60-55(74)84-56(2,3)4)37-42-13-14-46(64)45(38-42)62-47(65)11-8-18-57-49(67)39-59-53(71)44(61-48(66)12-9-19-63-51(69)15-16-52(63)70)10-6-7-17-58-50(68)40-83-35-34-82-33-32-81-31-30-80-29-28-79-27-26-78-25-24-77-23-22-76-21-20-75-5/h13-16,38,41,43-44,64H,6-12,17-37,39-40H2,1-5H3,(H,57,67)(H,58,68)(H,59,71)(H,60,74)(H,61,66)(H,62,65)(H,72,73)/t41-,43+,44-/m0/s1. The second-order valence-electron chi connectivity index (χ2n) is 20.2. The monoisotopic (exact) mass is 1200 g/mol.